The SMILES string of the molecule is CCN(CC(=O)Nc1ccccc1I)c1ccccc1C. The average Bonchev–Trinajstić information content (AvgIpc) is 2.48. The summed E-state index contributed by atoms with van der Waals surface area (Å²) in [6.07, 6.45) is 0. The molecule has 0 aliphatic rings. The molecule has 0 aromatic heterocycles. The fourth-order valence-corrected chi connectivity index (χ4v) is 2.73. The van der Waals surface area contributed by atoms with Gasteiger partial charge in [-0.2, -0.15) is 0 Å². The third-order valence-corrected chi connectivity index (χ3v) is 4.26. The zero-order valence-corrected chi connectivity index (χ0v) is 14.4. The fourth-order valence-electron chi connectivity index (χ4n) is 2.21. The molecule has 0 saturated carbocycles. The first kappa shape index (κ1) is 15.8. The summed E-state index contributed by atoms with van der Waals surface area (Å²) in [5, 5.41) is 2.98. The molecule has 0 bridgehead atoms. The lowest BCUT2D eigenvalue weighted by molar-refractivity contribution is -0.115. The van der Waals surface area contributed by atoms with Crippen molar-refractivity contribution in [2.24, 2.45) is 0 Å². The highest BCUT2D eigenvalue weighted by Gasteiger charge is 2.12. The molecule has 4 heteroatoms. The molecule has 2 rings (SSSR count). The Labute approximate surface area is 139 Å². The van der Waals surface area contributed by atoms with Crippen molar-refractivity contribution < 1.29 is 4.79 Å². The van der Waals surface area contributed by atoms with Crippen LogP contribution < -0.4 is 10.2 Å². The van der Waals surface area contributed by atoms with Crippen molar-refractivity contribution in [1.29, 1.82) is 0 Å². The first-order chi connectivity index (χ1) is 10.1. The van der Waals surface area contributed by atoms with Crippen molar-refractivity contribution in [3.05, 3.63) is 57.7 Å². The second-order valence-electron chi connectivity index (χ2n) is 4.83. The first-order valence-corrected chi connectivity index (χ1v) is 8.04. The minimum absolute atomic E-state index is 0.00391. The van der Waals surface area contributed by atoms with Crippen LogP contribution in [0.1, 0.15) is 12.5 Å². The molecule has 21 heavy (non-hydrogen) atoms. The van der Waals surface area contributed by atoms with Crippen LogP contribution in [0, 0.1) is 10.5 Å². The number of halogens is 1. The van der Waals surface area contributed by atoms with E-state index < -0.39 is 0 Å². The van der Waals surface area contributed by atoms with Crippen molar-refractivity contribution in [1.82, 2.24) is 0 Å². The van der Waals surface area contributed by atoms with Gasteiger partial charge in [0.1, 0.15) is 0 Å². The highest BCUT2D eigenvalue weighted by atomic mass is 127. The maximum Gasteiger partial charge on any atom is 0.243 e. The lowest BCUT2D eigenvalue weighted by Crippen LogP contribution is -2.33. The van der Waals surface area contributed by atoms with Gasteiger partial charge in [0.15, 0.2) is 0 Å². The largest absolute Gasteiger partial charge is 0.362 e. The van der Waals surface area contributed by atoms with Gasteiger partial charge in [-0.3, -0.25) is 4.79 Å². The standard InChI is InChI=1S/C17H19IN2O/c1-3-20(16-11-7-4-8-13(16)2)12-17(21)19-15-10-6-5-9-14(15)18/h4-11H,3,12H2,1-2H3,(H,19,21). The number of amides is 1. The number of carbonyl (C=O) groups is 1. The maximum atomic E-state index is 12.3. The molecule has 0 radical (unpaired) electrons. The normalized spacial score (nSPS) is 10.2. The van der Waals surface area contributed by atoms with Crippen LogP contribution in [0.5, 0.6) is 0 Å². The van der Waals surface area contributed by atoms with Gasteiger partial charge in [0.05, 0.1) is 12.2 Å². The van der Waals surface area contributed by atoms with Gasteiger partial charge in [-0.25, -0.2) is 0 Å². The predicted molar refractivity (Wildman–Crippen MR) is 96.9 cm³/mol. The Hall–Kier alpha value is -1.56. The van der Waals surface area contributed by atoms with Crippen LogP contribution in [0.3, 0.4) is 0 Å². The van der Waals surface area contributed by atoms with Crippen LogP contribution in [0.2, 0.25) is 0 Å². The lowest BCUT2D eigenvalue weighted by atomic mass is 10.2. The number of nitrogens with zero attached hydrogens (tertiary/aromatic N) is 1. The predicted octanol–water partition coefficient (Wildman–Crippen LogP) is 4.06. The molecule has 110 valence electrons. The molecular weight excluding hydrogens is 375 g/mol. The molecule has 0 unspecified atom stereocenters. The summed E-state index contributed by atoms with van der Waals surface area (Å²) in [5.41, 5.74) is 3.16. The van der Waals surface area contributed by atoms with Gasteiger partial charge in [-0.15, -0.1) is 0 Å². The minimum atomic E-state index is 0.00391. The van der Waals surface area contributed by atoms with E-state index in [4.69, 9.17) is 0 Å². The maximum absolute atomic E-state index is 12.3. The third kappa shape index (κ3) is 4.20. The summed E-state index contributed by atoms with van der Waals surface area (Å²) in [6, 6.07) is 15.9. The smallest absolute Gasteiger partial charge is 0.243 e. The monoisotopic (exact) mass is 394 g/mol. The molecular formula is C17H19IN2O. The second-order valence-corrected chi connectivity index (χ2v) is 5.99. The number of likely N-dealkylation sites (N-methyl/N-ethyl adjacent to an activating group) is 1. The average molecular weight is 394 g/mol. The van der Waals surface area contributed by atoms with Gasteiger partial charge in [-0.1, -0.05) is 30.3 Å². The number of benzene rings is 2. The van der Waals surface area contributed by atoms with Crippen LogP contribution in [0.25, 0.3) is 0 Å². The summed E-state index contributed by atoms with van der Waals surface area (Å²) in [4.78, 5) is 14.3. The lowest BCUT2D eigenvalue weighted by Gasteiger charge is -2.24. The molecule has 0 heterocycles. The second kappa shape index (κ2) is 7.45. The molecule has 0 saturated heterocycles. The van der Waals surface area contributed by atoms with Crippen molar-refractivity contribution in [2.45, 2.75) is 13.8 Å². The minimum Gasteiger partial charge on any atom is -0.362 e. The molecule has 2 aromatic carbocycles. The van der Waals surface area contributed by atoms with Crippen LogP contribution >= 0.6 is 22.6 Å². The molecule has 0 aliphatic heterocycles. The highest BCUT2D eigenvalue weighted by molar-refractivity contribution is 14.1. The van der Waals surface area contributed by atoms with Crippen LogP contribution in [0.15, 0.2) is 48.5 Å². The van der Waals surface area contributed by atoms with E-state index in [-0.39, 0.29) is 5.91 Å². The van der Waals surface area contributed by atoms with Gasteiger partial charge in [0.25, 0.3) is 0 Å². The van der Waals surface area contributed by atoms with E-state index in [2.05, 4.69) is 58.8 Å². The van der Waals surface area contributed by atoms with Gasteiger partial charge < -0.3 is 10.2 Å². The molecule has 0 spiro atoms. The molecule has 1 N–H and O–H groups in total. The van der Waals surface area contributed by atoms with Gasteiger partial charge in [0, 0.05) is 15.8 Å². The Morgan fingerprint density at radius 1 is 1.14 bits per heavy atom. The molecule has 0 atom stereocenters. The number of rotatable bonds is 5. The molecule has 2 aromatic rings. The Bertz CT molecular complexity index is 628. The van der Waals surface area contributed by atoms with E-state index in [1.165, 1.54) is 5.56 Å². The number of hydrogen-bond donors (Lipinski definition) is 1. The molecule has 3 nitrogen and oxygen atoms in total. The summed E-state index contributed by atoms with van der Waals surface area (Å²) in [7, 11) is 0. The molecule has 0 fully saturated rings. The zero-order chi connectivity index (χ0) is 15.2. The third-order valence-electron chi connectivity index (χ3n) is 3.32. The van der Waals surface area contributed by atoms with Crippen LogP contribution in [-0.2, 0) is 4.79 Å². The summed E-state index contributed by atoms with van der Waals surface area (Å²) < 4.78 is 1.04. The summed E-state index contributed by atoms with van der Waals surface area (Å²) in [6.45, 7) is 5.28. The Kier molecular flexibility index (Phi) is 5.61. The highest BCUT2D eigenvalue weighted by Crippen LogP contribution is 2.20. The van der Waals surface area contributed by atoms with Crippen molar-refractivity contribution in [3.8, 4) is 0 Å². The first-order valence-electron chi connectivity index (χ1n) is 6.96. The number of nitrogens with one attached hydrogen (secondary N) is 1. The van der Waals surface area contributed by atoms with Crippen LogP contribution in [-0.4, -0.2) is 19.0 Å². The van der Waals surface area contributed by atoms with Crippen molar-refractivity contribution in [3.63, 3.8) is 0 Å². The number of carbonyl (C=O) groups excluding carboxylic acids is 1. The number of anilines is 2. The van der Waals surface area contributed by atoms with E-state index in [1.807, 2.05) is 36.4 Å². The number of aryl methyl sites for hydroxylation is 1. The Balaban J connectivity index is 2.07. The van der Waals surface area contributed by atoms with E-state index in [9.17, 15) is 4.79 Å². The summed E-state index contributed by atoms with van der Waals surface area (Å²) >= 11 is 2.23. The zero-order valence-electron chi connectivity index (χ0n) is 12.3. The Morgan fingerprint density at radius 3 is 2.48 bits per heavy atom. The summed E-state index contributed by atoms with van der Waals surface area (Å²) in [5.74, 6) is 0.00391. The van der Waals surface area contributed by atoms with Crippen LogP contribution in [0.4, 0.5) is 11.4 Å². The van der Waals surface area contributed by atoms with E-state index in [0.29, 0.717) is 6.54 Å². The van der Waals surface area contributed by atoms with Gasteiger partial charge >= 0.3 is 0 Å². The topological polar surface area (TPSA) is 32.3 Å². The fraction of sp³-hybridized carbons (Fsp3) is 0.235. The number of para-hydroxylation sites is 2. The van der Waals surface area contributed by atoms with Gasteiger partial charge in [0.2, 0.25) is 5.91 Å². The van der Waals surface area contributed by atoms with Gasteiger partial charge in [-0.05, 0) is 60.2 Å². The van der Waals surface area contributed by atoms with E-state index >= 15 is 0 Å². The van der Waals surface area contributed by atoms with Crippen molar-refractivity contribution >= 4 is 39.9 Å². The number of hydrogen-bond acceptors (Lipinski definition) is 2. The Morgan fingerprint density at radius 2 is 1.81 bits per heavy atom. The molecule has 1 amide bonds. The molecule has 0 aliphatic carbocycles. The quantitative estimate of drug-likeness (QED) is 0.776. The van der Waals surface area contributed by atoms with E-state index in [0.717, 1.165) is 21.5 Å². The van der Waals surface area contributed by atoms with Crippen molar-refractivity contribution in [2.75, 3.05) is 23.3 Å². The van der Waals surface area contributed by atoms with E-state index in [1.54, 1.807) is 0 Å².